The lowest BCUT2D eigenvalue weighted by molar-refractivity contribution is -0.148. The number of carbonyl (C=O) groups excluding carboxylic acids is 1. The third-order valence-corrected chi connectivity index (χ3v) is 3.40. The van der Waals surface area contributed by atoms with Crippen LogP contribution in [0.4, 0.5) is 0 Å². The average molecular weight is 253 g/mol. The molecule has 1 atom stereocenters. The number of nitrogens with zero attached hydrogens (tertiary/aromatic N) is 2. The Labute approximate surface area is 109 Å². The zero-order valence-corrected chi connectivity index (χ0v) is 11.9. The van der Waals surface area contributed by atoms with E-state index in [0.29, 0.717) is 6.42 Å². The predicted octanol–water partition coefficient (Wildman–Crippen LogP) is 1.43. The van der Waals surface area contributed by atoms with Crippen molar-refractivity contribution in [3.63, 3.8) is 0 Å². The van der Waals surface area contributed by atoms with E-state index in [1.807, 2.05) is 34.0 Å². The van der Waals surface area contributed by atoms with Crippen LogP contribution in [0, 0.1) is 13.8 Å². The van der Waals surface area contributed by atoms with E-state index in [-0.39, 0.29) is 5.97 Å². The summed E-state index contributed by atoms with van der Waals surface area (Å²) in [7, 11) is 1.42. The van der Waals surface area contributed by atoms with Crippen molar-refractivity contribution in [1.29, 1.82) is 0 Å². The molecule has 18 heavy (non-hydrogen) atoms. The van der Waals surface area contributed by atoms with Crippen LogP contribution >= 0.6 is 0 Å². The van der Waals surface area contributed by atoms with E-state index in [0.717, 1.165) is 24.5 Å². The number of rotatable bonds is 6. The van der Waals surface area contributed by atoms with Gasteiger partial charge in [0.15, 0.2) is 0 Å². The number of imidazole rings is 1. The first-order valence-corrected chi connectivity index (χ1v) is 6.26. The van der Waals surface area contributed by atoms with E-state index in [1.54, 1.807) is 0 Å². The van der Waals surface area contributed by atoms with Crippen LogP contribution in [0.3, 0.4) is 0 Å². The van der Waals surface area contributed by atoms with Gasteiger partial charge in [0.25, 0.3) is 0 Å². The second kappa shape index (κ2) is 6.00. The van der Waals surface area contributed by atoms with Crippen LogP contribution < -0.4 is 5.32 Å². The lowest BCUT2D eigenvalue weighted by Crippen LogP contribution is -2.50. The maximum Gasteiger partial charge on any atom is 0.325 e. The Morgan fingerprint density at radius 3 is 2.67 bits per heavy atom. The van der Waals surface area contributed by atoms with Crippen molar-refractivity contribution in [3.8, 4) is 0 Å². The van der Waals surface area contributed by atoms with Crippen molar-refractivity contribution in [2.45, 2.75) is 46.2 Å². The van der Waals surface area contributed by atoms with Crippen LogP contribution in [0.15, 0.2) is 6.33 Å². The molecule has 5 heteroatoms. The number of hydrogen-bond donors (Lipinski definition) is 1. The molecule has 1 N–H and O–H groups in total. The molecule has 0 spiro atoms. The largest absolute Gasteiger partial charge is 0.468 e. The highest BCUT2D eigenvalue weighted by Crippen LogP contribution is 2.15. The van der Waals surface area contributed by atoms with Crippen LogP contribution in [-0.4, -0.2) is 34.7 Å². The van der Waals surface area contributed by atoms with Gasteiger partial charge in [-0.25, -0.2) is 4.98 Å². The zero-order chi connectivity index (χ0) is 13.8. The Hall–Kier alpha value is -1.36. The Morgan fingerprint density at radius 1 is 1.56 bits per heavy atom. The van der Waals surface area contributed by atoms with Crippen LogP contribution in [0.2, 0.25) is 0 Å². The third-order valence-electron chi connectivity index (χ3n) is 3.40. The summed E-state index contributed by atoms with van der Waals surface area (Å²) in [6, 6.07) is 0. The topological polar surface area (TPSA) is 56.2 Å². The van der Waals surface area contributed by atoms with Gasteiger partial charge in [-0.2, -0.15) is 0 Å². The third kappa shape index (κ3) is 3.10. The number of carbonyl (C=O) groups is 1. The molecule has 1 heterocycles. The van der Waals surface area contributed by atoms with E-state index < -0.39 is 5.54 Å². The molecule has 0 aliphatic carbocycles. The minimum absolute atomic E-state index is 0.223. The molecule has 1 aromatic heterocycles. The van der Waals surface area contributed by atoms with Crippen LogP contribution in [0.25, 0.3) is 0 Å². The second-order valence-electron chi connectivity index (χ2n) is 4.71. The van der Waals surface area contributed by atoms with E-state index in [9.17, 15) is 4.79 Å². The molecule has 1 rings (SSSR count). The van der Waals surface area contributed by atoms with Crippen molar-refractivity contribution in [2.24, 2.45) is 0 Å². The van der Waals surface area contributed by atoms with Gasteiger partial charge < -0.3 is 14.6 Å². The van der Waals surface area contributed by atoms with Crippen LogP contribution in [0.1, 0.15) is 31.7 Å². The van der Waals surface area contributed by atoms with Crippen molar-refractivity contribution < 1.29 is 9.53 Å². The highest BCUT2D eigenvalue weighted by atomic mass is 16.5. The number of esters is 1. The normalized spacial score (nSPS) is 14.3. The summed E-state index contributed by atoms with van der Waals surface area (Å²) in [5.74, 6) is -0.223. The van der Waals surface area contributed by atoms with E-state index in [2.05, 4.69) is 14.9 Å². The minimum Gasteiger partial charge on any atom is -0.468 e. The van der Waals surface area contributed by atoms with Gasteiger partial charge in [0.2, 0.25) is 0 Å². The van der Waals surface area contributed by atoms with E-state index >= 15 is 0 Å². The molecule has 5 nitrogen and oxygen atoms in total. The highest BCUT2D eigenvalue weighted by molar-refractivity contribution is 5.80. The standard InChI is InChI=1S/C13H23N3O2/c1-6-15-13(4,12(17)18-5)7-8-16-9-14-10(2)11(16)3/h9,15H,6-8H2,1-5H3. The quantitative estimate of drug-likeness (QED) is 0.779. The highest BCUT2D eigenvalue weighted by Gasteiger charge is 2.33. The molecule has 102 valence electrons. The van der Waals surface area contributed by atoms with Gasteiger partial charge in [0, 0.05) is 12.2 Å². The van der Waals surface area contributed by atoms with Gasteiger partial charge in [0.05, 0.1) is 19.1 Å². The molecule has 0 saturated heterocycles. The van der Waals surface area contributed by atoms with Crippen molar-refractivity contribution in [3.05, 3.63) is 17.7 Å². The van der Waals surface area contributed by atoms with E-state index in [1.165, 1.54) is 7.11 Å². The molecule has 1 aromatic rings. The van der Waals surface area contributed by atoms with Crippen molar-refractivity contribution >= 4 is 5.97 Å². The van der Waals surface area contributed by atoms with Crippen LogP contribution in [0.5, 0.6) is 0 Å². The maximum atomic E-state index is 11.8. The number of aromatic nitrogens is 2. The smallest absolute Gasteiger partial charge is 0.325 e. The summed E-state index contributed by atoms with van der Waals surface area (Å²) >= 11 is 0. The van der Waals surface area contributed by atoms with Gasteiger partial charge in [-0.15, -0.1) is 0 Å². The molecule has 0 amide bonds. The fourth-order valence-corrected chi connectivity index (χ4v) is 1.99. The average Bonchev–Trinajstić information content (AvgIpc) is 2.67. The predicted molar refractivity (Wildman–Crippen MR) is 70.4 cm³/mol. The number of nitrogens with one attached hydrogen (secondary N) is 1. The number of ether oxygens (including phenoxy) is 1. The van der Waals surface area contributed by atoms with Gasteiger partial charge >= 0.3 is 5.97 Å². The fourth-order valence-electron chi connectivity index (χ4n) is 1.99. The summed E-state index contributed by atoms with van der Waals surface area (Å²) < 4.78 is 6.93. The zero-order valence-electron chi connectivity index (χ0n) is 11.9. The maximum absolute atomic E-state index is 11.8. The number of methoxy groups -OCH3 is 1. The molecule has 0 fully saturated rings. The molecule has 0 saturated carbocycles. The van der Waals surface area contributed by atoms with Gasteiger partial charge in [-0.05, 0) is 33.7 Å². The SMILES string of the molecule is CCNC(C)(CCn1cnc(C)c1C)C(=O)OC. The van der Waals surface area contributed by atoms with Crippen molar-refractivity contribution in [2.75, 3.05) is 13.7 Å². The molecular formula is C13H23N3O2. The molecule has 0 aromatic carbocycles. The molecule has 0 bridgehead atoms. The lowest BCUT2D eigenvalue weighted by atomic mass is 9.97. The first kappa shape index (κ1) is 14.7. The summed E-state index contributed by atoms with van der Waals surface area (Å²) in [4.78, 5) is 16.1. The number of aryl methyl sites for hydroxylation is 2. The lowest BCUT2D eigenvalue weighted by Gasteiger charge is -2.27. The molecule has 1 unspecified atom stereocenters. The number of likely N-dealkylation sites (N-methyl/N-ethyl adjacent to an activating group) is 1. The molecule has 0 aliphatic heterocycles. The van der Waals surface area contributed by atoms with Crippen molar-refractivity contribution in [1.82, 2.24) is 14.9 Å². The summed E-state index contributed by atoms with van der Waals surface area (Å²) in [5.41, 5.74) is 1.52. The minimum atomic E-state index is -0.645. The Kier molecular flexibility index (Phi) is 4.90. The Morgan fingerprint density at radius 2 is 2.22 bits per heavy atom. The van der Waals surface area contributed by atoms with Gasteiger partial charge in [-0.1, -0.05) is 6.92 Å². The molecular weight excluding hydrogens is 230 g/mol. The molecule has 0 radical (unpaired) electrons. The van der Waals surface area contributed by atoms with E-state index in [4.69, 9.17) is 4.74 Å². The fraction of sp³-hybridized carbons (Fsp3) is 0.692. The Bertz CT molecular complexity index is 414. The first-order chi connectivity index (χ1) is 8.44. The number of hydrogen-bond acceptors (Lipinski definition) is 4. The van der Waals surface area contributed by atoms with Crippen LogP contribution in [-0.2, 0) is 16.1 Å². The Balaban J connectivity index is 2.74. The summed E-state index contributed by atoms with van der Waals surface area (Å²) in [6.07, 6.45) is 2.48. The van der Waals surface area contributed by atoms with Gasteiger partial charge in [-0.3, -0.25) is 4.79 Å². The second-order valence-corrected chi connectivity index (χ2v) is 4.71. The van der Waals surface area contributed by atoms with Gasteiger partial charge in [0.1, 0.15) is 5.54 Å². The summed E-state index contributed by atoms with van der Waals surface area (Å²) in [5, 5.41) is 3.20. The monoisotopic (exact) mass is 253 g/mol. The molecule has 0 aliphatic rings. The first-order valence-electron chi connectivity index (χ1n) is 6.26. The summed E-state index contributed by atoms with van der Waals surface area (Å²) in [6.45, 7) is 9.34.